The molecule has 1 aromatic carbocycles. The van der Waals surface area contributed by atoms with Gasteiger partial charge < -0.3 is 14.6 Å². The minimum absolute atomic E-state index is 0.0814. The number of hydrogen-bond donors (Lipinski definition) is 1. The van der Waals surface area contributed by atoms with E-state index in [0.29, 0.717) is 5.75 Å². The Kier molecular flexibility index (Phi) is 2.79. The molecule has 3 nitrogen and oxygen atoms in total. The third-order valence-corrected chi connectivity index (χ3v) is 2.22. The molecule has 0 saturated heterocycles. The average molecular weight is 194 g/mol. The third-order valence-electron chi connectivity index (χ3n) is 2.22. The first-order valence-electron chi connectivity index (χ1n) is 4.35. The number of benzene rings is 1. The van der Waals surface area contributed by atoms with Gasteiger partial charge in [-0.25, -0.2) is 0 Å². The van der Waals surface area contributed by atoms with E-state index < -0.39 is 5.41 Å². The summed E-state index contributed by atoms with van der Waals surface area (Å²) < 4.78 is 4.96. The molecule has 0 fully saturated rings. The van der Waals surface area contributed by atoms with Gasteiger partial charge in [-0.15, -0.1) is 0 Å². The second-order valence-electron chi connectivity index (χ2n) is 3.73. The number of carbonyl (C=O) groups excluding carboxylic acids is 1. The highest BCUT2D eigenvalue weighted by molar-refractivity contribution is 5.68. The maximum absolute atomic E-state index is 10.8. The smallest absolute Gasteiger partial charge is 0.160 e. The highest BCUT2D eigenvalue weighted by atomic mass is 16.5. The van der Waals surface area contributed by atoms with Gasteiger partial charge in [-0.2, -0.15) is 0 Å². The van der Waals surface area contributed by atoms with Crippen LogP contribution in [0.4, 0.5) is 0 Å². The minimum Gasteiger partial charge on any atom is -0.504 e. The first-order valence-corrected chi connectivity index (χ1v) is 4.35. The molecule has 0 heterocycles. The second-order valence-corrected chi connectivity index (χ2v) is 3.73. The van der Waals surface area contributed by atoms with Gasteiger partial charge in [0, 0.05) is 5.41 Å². The van der Waals surface area contributed by atoms with Gasteiger partial charge in [0.2, 0.25) is 0 Å². The van der Waals surface area contributed by atoms with Crippen LogP contribution in [-0.2, 0) is 10.2 Å². The van der Waals surface area contributed by atoms with Crippen molar-refractivity contribution in [1.29, 1.82) is 0 Å². The lowest BCUT2D eigenvalue weighted by Gasteiger charge is -2.18. The van der Waals surface area contributed by atoms with Gasteiger partial charge in [0.1, 0.15) is 6.29 Å². The van der Waals surface area contributed by atoms with E-state index in [1.165, 1.54) is 13.2 Å². The molecule has 0 bridgehead atoms. The molecular weight excluding hydrogens is 180 g/mol. The molecule has 0 amide bonds. The van der Waals surface area contributed by atoms with Crippen LogP contribution in [0.2, 0.25) is 0 Å². The molecule has 0 atom stereocenters. The molecule has 1 rings (SSSR count). The molecular formula is C11H14O3. The van der Waals surface area contributed by atoms with Gasteiger partial charge in [0.15, 0.2) is 11.5 Å². The predicted octanol–water partition coefficient (Wildman–Crippen LogP) is 1.88. The number of carbonyl (C=O) groups is 1. The van der Waals surface area contributed by atoms with Crippen LogP contribution in [0.3, 0.4) is 0 Å². The van der Waals surface area contributed by atoms with E-state index in [-0.39, 0.29) is 5.75 Å². The predicted molar refractivity (Wildman–Crippen MR) is 53.7 cm³/mol. The van der Waals surface area contributed by atoms with Crippen molar-refractivity contribution < 1.29 is 14.6 Å². The number of rotatable bonds is 3. The van der Waals surface area contributed by atoms with Crippen molar-refractivity contribution in [3.05, 3.63) is 23.8 Å². The van der Waals surface area contributed by atoms with Gasteiger partial charge in [-0.1, -0.05) is 6.07 Å². The fourth-order valence-corrected chi connectivity index (χ4v) is 1.15. The van der Waals surface area contributed by atoms with Crippen molar-refractivity contribution >= 4 is 6.29 Å². The summed E-state index contributed by atoms with van der Waals surface area (Å²) in [6.07, 6.45) is 0.874. The Morgan fingerprint density at radius 1 is 1.43 bits per heavy atom. The summed E-state index contributed by atoms with van der Waals surface area (Å²) in [7, 11) is 1.48. The number of ether oxygens (including phenoxy) is 1. The fraction of sp³-hybridized carbons (Fsp3) is 0.364. The Labute approximate surface area is 83.3 Å². The first kappa shape index (κ1) is 10.6. The first-order chi connectivity index (χ1) is 6.51. The standard InChI is InChI=1S/C11H14O3/c1-11(2,7-12)8-4-5-9(13)10(6-8)14-3/h4-7,13H,1-3H3. The number of methoxy groups -OCH3 is 1. The lowest BCUT2D eigenvalue weighted by atomic mass is 9.86. The van der Waals surface area contributed by atoms with Crippen LogP contribution < -0.4 is 4.74 Å². The van der Waals surface area contributed by atoms with E-state index in [4.69, 9.17) is 4.74 Å². The molecule has 3 heteroatoms. The van der Waals surface area contributed by atoms with Gasteiger partial charge >= 0.3 is 0 Å². The zero-order valence-electron chi connectivity index (χ0n) is 8.57. The highest BCUT2D eigenvalue weighted by Crippen LogP contribution is 2.31. The van der Waals surface area contributed by atoms with Crippen LogP contribution in [0.15, 0.2) is 18.2 Å². The van der Waals surface area contributed by atoms with E-state index >= 15 is 0 Å². The summed E-state index contributed by atoms with van der Waals surface area (Å²) in [5, 5.41) is 9.36. The number of hydrogen-bond acceptors (Lipinski definition) is 3. The van der Waals surface area contributed by atoms with Crippen molar-refractivity contribution in [2.45, 2.75) is 19.3 Å². The quantitative estimate of drug-likeness (QED) is 0.747. The van der Waals surface area contributed by atoms with Crippen LogP contribution in [0.5, 0.6) is 11.5 Å². The summed E-state index contributed by atoms with van der Waals surface area (Å²) in [5.74, 6) is 0.468. The molecule has 1 aromatic rings. The van der Waals surface area contributed by atoms with E-state index in [9.17, 15) is 9.90 Å². The van der Waals surface area contributed by atoms with Crippen LogP contribution in [-0.4, -0.2) is 18.5 Å². The molecule has 0 saturated carbocycles. The summed E-state index contributed by atoms with van der Waals surface area (Å²) >= 11 is 0. The van der Waals surface area contributed by atoms with Crippen LogP contribution >= 0.6 is 0 Å². The number of aldehydes is 1. The van der Waals surface area contributed by atoms with Gasteiger partial charge in [-0.05, 0) is 31.5 Å². The third kappa shape index (κ3) is 1.87. The lowest BCUT2D eigenvalue weighted by molar-refractivity contribution is -0.111. The van der Waals surface area contributed by atoms with E-state index in [1.54, 1.807) is 12.1 Å². The lowest BCUT2D eigenvalue weighted by Crippen LogP contribution is -2.18. The second kappa shape index (κ2) is 3.70. The molecule has 0 aliphatic rings. The van der Waals surface area contributed by atoms with E-state index in [0.717, 1.165) is 11.8 Å². The van der Waals surface area contributed by atoms with Gasteiger partial charge in [-0.3, -0.25) is 0 Å². The summed E-state index contributed by atoms with van der Waals surface area (Å²) in [6, 6.07) is 4.91. The zero-order chi connectivity index (χ0) is 10.8. The van der Waals surface area contributed by atoms with Crippen LogP contribution in [0.25, 0.3) is 0 Å². The molecule has 0 unspecified atom stereocenters. The molecule has 0 radical (unpaired) electrons. The van der Waals surface area contributed by atoms with E-state index in [1.807, 2.05) is 13.8 Å². The SMILES string of the molecule is COc1cc(C(C)(C)C=O)ccc1O. The van der Waals surface area contributed by atoms with Crippen molar-refractivity contribution in [3.8, 4) is 11.5 Å². The Balaban J connectivity index is 3.19. The Morgan fingerprint density at radius 2 is 2.07 bits per heavy atom. The molecule has 0 aromatic heterocycles. The Morgan fingerprint density at radius 3 is 2.57 bits per heavy atom. The fourth-order valence-electron chi connectivity index (χ4n) is 1.15. The Hall–Kier alpha value is -1.51. The molecule has 76 valence electrons. The maximum Gasteiger partial charge on any atom is 0.160 e. The highest BCUT2D eigenvalue weighted by Gasteiger charge is 2.20. The number of aromatic hydroxyl groups is 1. The van der Waals surface area contributed by atoms with Gasteiger partial charge in [0.25, 0.3) is 0 Å². The largest absolute Gasteiger partial charge is 0.504 e. The number of phenolic OH excluding ortho intramolecular Hbond substituents is 1. The molecule has 0 aliphatic carbocycles. The number of phenols is 1. The van der Waals surface area contributed by atoms with Crippen LogP contribution in [0.1, 0.15) is 19.4 Å². The van der Waals surface area contributed by atoms with Crippen molar-refractivity contribution in [3.63, 3.8) is 0 Å². The van der Waals surface area contributed by atoms with Crippen molar-refractivity contribution in [2.75, 3.05) is 7.11 Å². The summed E-state index contributed by atoms with van der Waals surface area (Å²) in [4.78, 5) is 10.8. The average Bonchev–Trinajstić information content (AvgIpc) is 2.18. The van der Waals surface area contributed by atoms with E-state index in [2.05, 4.69) is 0 Å². The molecule has 1 N–H and O–H groups in total. The maximum atomic E-state index is 10.8. The van der Waals surface area contributed by atoms with Crippen molar-refractivity contribution in [1.82, 2.24) is 0 Å². The van der Waals surface area contributed by atoms with Crippen LogP contribution in [0, 0.1) is 0 Å². The summed E-state index contributed by atoms with van der Waals surface area (Å²) in [5.41, 5.74) is 0.267. The van der Waals surface area contributed by atoms with Gasteiger partial charge in [0.05, 0.1) is 7.11 Å². The van der Waals surface area contributed by atoms with Crippen molar-refractivity contribution in [2.24, 2.45) is 0 Å². The zero-order valence-corrected chi connectivity index (χ0v) is 8.57. The topological polar surface area (TPSA) is 46.5 Å². The molecule has 0 aliphatic heterocycles. The molecule has 14 heavy (non-hydrogen) atoms. The summed E-state index contributed by atoms with van der Waals surface area (Å²) in [6.45, 7) is 3.62. The Bertz CT molecular complexity index is 342. The normalized spacial score (nSPS) is 11.1. The molecule has 0 spiro atoms. The monoisotopic (exact) mass is 194 g/mol. The minimum atomic E-state index is -0.555.